The smallest absolute Gasteiger partial charge is 0.385 e. The Morgan fingerprint density at radius 3 is 2.93 bits per heavy atom. The van der Waals surface area contributed by atoms with Gasteiger partial charge >= 0.3 is 5.82 Å². The van der Waals surface area contributed by atoms with Gasteiger partial charge in [-0.05, 0) is 34.2 Å². The van der Waals surface area contributed by atoms with Gasteiger partial charge in [-0.25, -0.2) is 0 Å². The molecule has 0 fully saturated rings. The van der Waals surface area contributed by atoms with Crippen LogP contribution in [0.2, 0.25) is 0 Å². The van der Waals surface area contributed by atoms with Crippen LogP contribution in [0.1, 0.15) is 19.4 Å². The quantitative estimate of drug-likeness (QED) is 0.611. The van der Waals surface area contributed by atoms with Crippen molar-refractivity contribution in [2.24, 2.45) is 0 Å². The van der Waals surface area contributed by atoms with Crippen LogP contribution in [0, 0.1) is 10.1 Å². The third-order valence-electron chi connectivity index (χ3n) is 2.03. The van der Waals surface area contributed by atoms with Crippen LogP contribution in [0.3, 0.4) is 0 Å². The summed E-state index contributed by atoms with van der Waals surface area (Å²) in [6, 6.07) is 0.0787. The molecule has 1 heterocycles. The summed E-state index contributed by atoms with van der Waals surface area (Å²) in [6.07, 6.45) is 2.38. The SMILES string of the molecule is COCCC(C)n1cc(Br)c([N+](=O)[O-])n1. The highest BCUT2D eigenvalue weighted by molar-refractivity contribution is 9.10. The maximum Gasteiger partial charge on any atom is 0.404 e. The minimum absolute atomic E-state index is 0.0787. The summed E-state index contributed by atoms with van der Waals surface area (Å²) < 4.78 is 6.90. The lowest BCUT2D eigenvalue weighted by Crippen LogP contribution is -2.08. The van der Waals surface area contributed by atoms with E-state index in [0.717, 1.165) is 6.42 Å². The number of rotatable bonds is 5. The molecule has 0 aliphatic carbocycles. The second-order valence-corrected chi connectivity index (χ2v) is 4.02. The van der Waals surface area contributed by atoms with Gasteiger partial charge in [-0.3, -0.25) is 0 Å². The molecule has 1 aromatic rings. The van der Waals surface area contributed by atoms with Crippen molar-refractivity contribution in [3.63, 3.8) is 0 Å². The zero-order chi connectivity index (χ0) is 11.4. The molecule has 0 saturated carbocycles. The molecule has 0 radical (unpaired) electrons. The zero-order valence-electron chi connectivity index (χ0n) is 8.51. The lowest BCUT2D eigenvalue weighted by Gasteiger charge is -2.06. The van der Waals surface area contributed by atoms with Gasteiger partial charge in [-0.2, -0.15) is 4.68 Å². The van der Waals surface area contributed by atoms with Crippen molar-refractivity contribution in [2.75, 3.05) is 13.7 Å². The Bertz CT molecular complexity index is 353. The molecule has 1 unspecified atom stereocenters. The molecule has 0 aliphatic rings. The summed E-state index contributed by atoms with van der Waals surface area (Å²) in [4.78, 5) is 10.0. The average Bonchev–Trinajstić information content (AvgIpc) is 2.56. The summed E-state index contributed by atoms with van der Waals surface area (Å²) in [5.41, 5.74) is 0. The van der Waals surface area contributed by atoms with Gasteiger partial charge in [0.15, 0.2) is 0 Å². The van der Waals surface area contributed by atoms with Crippen molar-refractivity contribution in [3.8, 4) is 0 Å². The molecular formula is C8H12BrN3O3. The van der Waals surface area contributed by atoms with E-state index in [0.29, 0.717) is 11.1 Å². The first kappa shape index (κ1) is 12.1. The fraction of sp³-hybridized carbons (Fsp3) is 0.625. The lowest BCUT2D eigenvalue weighted by molar-refractivity contribution is -0.390. The molecule has 15 heavy (non-hydrogen) atoms. The van der Waals surface area contributed by atoms with Crippen LogP contribution in [-0.2, 0) is 4.74 Å². The first-order valence-electron chi connectivity index (χ1n) is 4.44. The number of methoxy groups -OCH3 is 1. The van der Waals surface area contributed by atoms with Crippen LogP contribution in [-0.4, -0.2) is 28.4 Å². The van der Waals surface area contributed by atoms with Gasteiger partial charge in [0.1, 0.15) is 4.47 Å². The third-order valence-corrected chi connectivity index (χ3v) is 2.59. The predicted molar refractivity (Wildman–Crippen MR) is 57.8 cm³/mol. The summed E-state index contributed by atoms with van der Waals surface area (Å²) in [5, 5.41) is 14.4. The number of hydrogen-bond donors (Lipinski definition) is 0. The maximum atomic E-state index is 10.5. The minimum Gasteiger partial charge on any atom is -0.385 e. The van der Waals surface area contributed by atoms with Crippen molar-refractivity contribution in [3.05, 3.63) is 20.8 Å². The molecule has 0 bridgehead atoms. The molecule has 0 aromatic carbocycles. The summed E-state index contributed by atoms with van der Waals surface area (Å²) >= 11 is 3.10. The molecule has 0 N–H and O–H groups in total. The third kappa shape index (κ3) is 3.00. The number of nitro groups is 1. The number of aromatic nitrogens is 2. The monoisotopic (exact) mass is 277 g/mol. The van der Waals surface area contributed by atoms with Gasteiger partial charge in [0.2, 0.25) is 0 Å². The highest BCUT2D eigenvalue weighted by atomic mass is 79.9. The second kappa shape index (κ2) is 5.22. The van der Waals surface area contributed by atoms with Crippen molar-refractivity contribution in [2.45, 2.75) is 19.4 Å². The second-order valence-electron chi connectivity index (χ2n) is 3.17. The molecule has 1 rings (SSSR count). The average molecular weight is 278 g/mol. The van der Waals surface area contributed by atoms with E-state index in [4.69, 9.17) is 4.74 Å². The Balaban J connectivity index is 2.78. The molecule has 6 nitrogen and oxygen atoms in total. The van der Waals surface area contributed by atoms with E-state index in [-0.39, 0.29) is 11.9 Å². The maximum absolute atomic E-state index is 10.5. The van der Waals surface area contributed by atoms with Crippen LogP contribution < -0.4 is 0 Å². The molecule has 84 valence electrons. The van der Waals surface area contributed by atoms with Gasteiger partial charge in [-0.15, -0.1) is 0 Å². The Labute approximate surface area is 95.5 Å². The Morgan fingerprint density at radius 2 is 2.47 bits per heavy atom. The summed E-state index contributed by atoms with van der Waals surface area (Å²) in [7, 11) is 1.62. The van der Waals surface area contributed by atoms with Gasteiger partial charge in [0.05, 0.1) is 17.3 Å². The van der Waals surface area contributed by atoms with E-state index in [2.05, 4.69) is 21.0 Å². The number of ether oxygens (including phenoxy) is 1. The van der Waals surface area contributed by atoms with E-state index in [1.54, 1.807) is 18.0 Å². The first-order chi connectivity index (χ1) is 7.06. The highest BCUT2D eigenvalue weighted by Crippen LogP contribution is 2.24. The minimum atomic E-state index is -0.510. The zero-order valence-corrected chi connectivity index (χ0v) is 10.1. The molecule has 0 spiro atoms. The summed E-state index contributed by atoms with van der Waals surface area (Å²) in [5.74, 6) is -0.153. The molecular weight excluding hydrogens is 266 g/mol. The first-order valence-corrected chi connectivity index (χ1v) is 5.23. The van der Waals surface area contributed by atoms with E-state index >= 15 is 0 Å². The fourth-order valence-corrected chi connectivity index (χ4v) is 1.56. The largest absolute Gasteiger partial charge is 0.404 e. The molecule has 0 saturated heterocycles. The number of nitrogens with zero attached hydrogens (tertiary/aromatic N) is 3. The van der Waals surface area contributed by atoms with Gasteiger partial charge in [0, 0.05) is 13.7 Å². The van der Waals surface area contributed by atoms with Crippen molar-refractivity contribution >= 4 is 21.7 Å². The van der Waals surface area contributed by atoms with Gasteiger partial charge in [-0.1, -0.05) is 0 Å². The lowest BCUT2D eigenvalue weighted by atomic mass is 10.2. The van der Waals surface area contributed by atoms with Crippen LogP contribution in [0.5, 0.6) is 0 Å². The molecule has 7 heteroatoms. The predicted octanol–water partition coefficient (Wildman–Crippen LogP) is 2.15. The Morgan fingerprint density at radius 1 is 1.80 bits per heavy atom. The van der Waals surface area contributed by atoms with E-state index in [1.165, 1.54) is 0 Å². The topological polar surface area (TPSA) is 70.2 Å². The number of halogens is 1. The van der Waals surface area contributed by atoms with Gasteiger partial charge < -0.3 is 14.9 Å². The number of hydrogen-bond acceptors (Lipinski definition) is 4. The van der Waals surface area contributed by atoms with Crippen LogP contribution >= 0.6 is 15.9 Å². The van der Waals surface area contributed by atoms with Crippen molar-refractivity contribution < 1.29 is 9.66 Å². The van der Waals surface area contributed by atoms with Gasteiger partial charge in [0.25, 0.3) is 0 Å². The molecule has 0 aliphatic heterocycles. The normalized spacial score (nSPS) is 12.7. The van der Waals surface area contributed by atoms with Crippen LogP contribution in [0.15, 0.2) is 10.7 Å². The fourth-order valence-electron chi connectivity index (χ4n) is 1.13. The van der Waals surface area contributed by atoms with E-state index in [9.17, 15) is 10.1 Å². The summed E-state index contributed by atoms with van der Waals surface area (Å²) in [6.45, 7) is 2.54. The molecule has 0 amide bonds. The van der Waals surface area contributed by atoms with Crippen molar-refractivity contribution in [1.82, 2.24) is 9.78 Å². The highest BCUT2D eigenvalue weighted by Gasteiger charge is 2.21. The Kier molecular flexibility index (Phi) is 4.22. The van der Waals surface area contributed by atoms with E-state index in [1.807, 2.05) is 6.92 Å². The standard InChI is InChI=1S/C8H12BrN3O3/c1-6(3-4-15-2)11-5-7(9)8(10-11)12(13)14/h5-6H,3-4H2,1-2H3. The van der Waals surface area contributed by atoms with Crippen LogP contribution in [0.4, 0.5) is 5.82 Å². The molecule has 1 aromatic heterocycles. The van der Waals surface area contributed by atoms with Crippen LogP contribution in [0.25, 0.3) is 0 Å². The molecule has 1 atom stereocenters. The van der Waals surface area contributed by atoms with Crippen molar-refractivity contribution in [1.29, 1.82) is 0 Å². The Hall–Kier alpha value is -0.950. The van der Waals surface area contributed by atoms with E-state index < -0.39 is 4.92 Å².